The van der Waals surface area contributed by atoms with E-state index in [-0.39, 0.29) is 29.7 Å². The van der Waals surface area contributed by atoms with Crippen LogP contribution in [0.5, 0.6) is 0 Å². The van der Waals surface area contributed by atoms with Crippen LogP contribution in [0.3, 0.4) is 0 Å². The summed E-state index contributed by atoms with van der Waals surface area (Å²) in [6.07, 6.45) is 4.59. The molecule has 0 saturated heterocycles. The monoisotopic (exact) mass is 356 g/mol. The van der Waals surface area contributed by atoms with Gasteiger partial charge in [0, 0.05) is 17.8 Å². The largest absolute Gasteiger partial charge is 0.469 e. The van der Waals surface area contributed by atoms with E-state index in [2.05, 4.69) is 10.3 Å². The highest BCUT2D eigenvalue weighted by molar-refractivity contribution is 5.94. The Balaban J connectivity index is 1.64. The second kappa shape index (κ2) is 8.08. The van der Waals surface area contributed by atoms with Gasteiger partial charge in [0.2, 0.25) is 0 Å². The molecule has 1 saturated carbocycles. The number of carbonyl (C=O) groups is 2. The minimum atomic E-state index is -0.330. The lowest BCUT2D eigenvalue weighted by Gasteiger charge is -2.28. The summed E-state index contributed by atoms with van der Waals surface area (Å²) in [6.45, 7) is 0. The summed E-state index contributed by atoms with van der Waals surface area (Å²) in [5, 5.41) is 2.97. The normalized spacial score (nSPS) is 19.6. The van der Waals surface area contributed by atoms with Crippen LogP contribution in [0.25, 0.3) is 11.3 Å². The average Bonchev–Trinajstić information content (AvgIpc) is 2.67. The first-order valence-electron chi connectivity index (χ1n) is 8.67. The number of methoxy groups -OCH3 is 1. The van der Waals surface area contributed by atoms with Crippen molar-refractivity contribution in [1.29, 1.82) is 0 Å². The van der Waals surface area contributed by atoms with E-state index < -0.39 is 0 Å². The molecule has 1 aromatic heterocycles. The number of ether oxygens (including phenoxy) is 1. The predicted molar refractivity (Wildman–Crippen MR) is 94.9 cm³/mol. The molecule has 1 fully saturated rings. The molecule has 1 amide bonds. The van der Waals surface area contributed by atoms with E-state index in [4.69, 9.17) is 4.74 Å². The summed E-state index contributed by atoms with van der Waals surface area (Å²) in [6, 6.07) is 9.47. The lowest BCUT2D eigenvalue weighted by atomic mass is 9.85. The van der Waals surface area contributed by atoms with Crippen molar-refractivity contribution in [3.8, 4) is 11.3 Å². The van der Waals surface area contributed by atoms with Crippen LogP contribution in [-0.2, 0) is 9.53 Å². The number of hydrogen-bond acceptors (Lipinski definition) is 4. The van der Waals surface area contributed by atoms with Crippen molar-refractivity contribution in [2.75, 3.05) is 7.11 Å². The summed E-state index contributed by atoms with van der Waals surface area (Å²) in [5.41, 5.74) is 1.69. The number of aromatic nitrogens is 1. The number of rotatable bonds is 4. The highest BCUT2D eigenvalue weighted by atomic mass is 19.1. The predicted octanol–water partition coefficient (Wildman–Crippen LogP) is 3.35. The molecule has 2 atom stereocenters. The summed E-state index contributed by atoms with van der Waals surface area (Å²) in [4.78, 5) is 28.4. The van der Waals surface area contributed by atoms with E-state index in [0.717, 1.165) is 19.3 Å². The number of carbonyl (C=O) groups excluding carboxylic acids is 2. The van der Waals surface area contributed by atoms with E-state index in [0.29, 0.717) is 23.2 Å². The van der Waals surface area contributed by atoms with Crippen LogP contribution in [-0.4, -0.2) is 30.0 Å². The van der Waals surface area contributed by atoms with Crippen LogP contribution in [0.1, 0.15) is 36.0 Å². The number of esters is 1. The molecular weight excluding hydrogens is 335 g/mol. The van der Waals surface area contributed by atoms with Gasteiger partial charge in [0.25, 0.3) is 5.91 Å². The maximum absolute atomic E-state index is 13.3. The highest BCUT2D eigenvalue weighted by Crippen LogP contribution is 2.25. The third-order valence-corrected chi connectivity index (χ3v) is 4.69. The lowest BCUT2D eigenvalue weighted by Crippen LogP contribution is -2.40. The Labute approximate surface area is 151 Å². The van der Waals surface area contributed by atoms with Crippen LogP contribution in [0.2, 0.25) is 0 Å². The van der Waals surface area contributed by atoms with Gasteiger partial charge in [-0.15, -0.1) is 0 Å². The van der Waals surface area contributed by atoms with Gasteiger partial charge in [-0.3, -0.25) is 14.6 Å². The van der Waals surface area contributed by atoms with Gasteiger partial charge in [0.15, 0.2) is 0 Å². The average molecular weight is 356 g/mol. The Hall–Kier alpha value is -2.76. The van der Waals surface area contributed by atoms with Crippen molar-refractivity contribution in [1.82, 2.24) is 10.3 Å². The van der Waals surface area contributed by atoms with Crippen LogP contribution in [0, 0.1) is 11.7 Å². The quantitative estimate of drug-likeness (QED) is 0.853. The second-order valence-electron chi connectivity index (χ2n) is 6.50. The fraction of sp³-hybridized carbons (Fsp3) is 0.350. The van der Waals surface area contributed by atoms with Gasteiger partial charge in [0.1, 0.15) is 5.82 Å². The Morgan fingerprint density at radius 2 is 2.08 bits per heavy atom. The van der Waals surface area contributed by atoms with Crippen LogP contribution in [0.15, 0.2) is 42.6 Å². The number of benzene rings is 1. The first-order chi connectivity index (χ1) is 12.6. The molecule has 1 N–H and O–H groups in total. The number of amides is 1. The zero-order valence-corrected chi connectivity index (χ0v) is 14.6. The van der Waals surface area contributed by atoms with Gasteiger partial charge >= 0.3 is 5.97 Å². The smallest absolute Gasteiger partial charge is 0.308 e. The molecule has 6 heteroatoms. The topological polar surface area (TPSA) is 68.3 Å². The van der Waals surface area contributed by atoms with Gasteiger partial charge < -0.3 is 10.1 Å². The van der Waals surface area contributed by atoms with Crippen molar-refractivity contribution in [3.05, 3.63) is 54.0 Å². The van der Waals surface area contributed by atoms with Crippen molar-refractivity contribution in [2.45, 2.75) is 31.7 Å². The highest BCUT2D eigenvalue weighted by Gasteiger charge is 2.28. The molecule has 26 heavy (non-hydrogen) atoms. The summed E-state index contributed by atoms with van der Waals surface area (Å²) < 4.78 is 18.1. The molecule has 1 aromatic carbocycles. The van der Waals surface area contributed by atoms with Gasteiger partial charge in [0.05, 0.1) is 24.3 Å². The zero-order valence-electron chi connectivity index (χ0n) is 14.6. The van der Waals surface area contributed by atoms with Crippen LogP contribution < -0.4 is 5.32 Å². The number of pyridine rings is 1. The number of nitrogens with zero attached hydrogens (tertiary/aromatic N) is 1. The fourth-order valence-corrected chi connectivity index (χ4v) is 3.32. The van der Waals surface area contributed by atoms with E-state index in [1.54, 1.807) is 24.3 Å². The lowest BCUT2D eigenvalue weighted by molar-refractivity contribution is -0.146. The van der Waals surface area contributed by atoms with E-state index in [9.17, 15) is 14.0 Å². The SMILES string of the molecule is COC(=O)C1CCCC(NC(=O)c2ccc(-c3cccc(F)c3)nc2)C1. The number of nitrogens with one attached hydrogen (secondary N) is 1. The third-order valence-electron chi connectivity index (χ3n) is 4.69. The maximum atomic E-state index is 13.3. The molecule has 0 aliphatic heterocycles. The van der Waals surface area contributed by atoms with Crippen molar-refractivity contribution < 1.29 is 18.7 Å². The van der Waals surface area contributed by atoms with Gasteiger partial charge in [-0.1, -0.05) is 18.6 Å². The second-order valence-corrected chi connectivity index (χ2v) is 6.50. The van der Waals surface area contributed by atoms with Crippen LogP contribution >= 0.6 is 0 Å². The molecule has 3 rings (SSSR count). The first kappa shape index (κ1) is 18.0. The zero-order chi connectivity index (χ0) is 18.5. The number of hydrogen-bond donors (Lipinski definition) is 1. The van der Waals surface area contributed by atoms with E-state index >= 15 is 0 Å². The standard InChI is InChI=1S/C20H21FN2O3/c1-26-20(25)14-5-3-7-17(11-14)23-19(24)15-8-9-18(22-12-15)13-4-2-6-16(21)10-13/h2,4,6,8-10,12,14,17H,3,5,7,11H2,1H3,(H,23,24). The summed E-state index contributed by atoms with van der Waals surface area (Å²) >= 11 is 0. The molecule has 1 aliphatic rings. The van der Waals surface area contributed by atoms with Crippen LogP contribution in [0.4, 0.5) is 4.39 Å². The molecule has 136 valence electrons. The summed E-state index contributed by atoms with van der Waals surface area (Å²) in [7, 11) is 1.39. The Bertz CT molecular complexity index is 792. The molecule has 5 nitrogen and oxygen atoms in total. The van der Waals surface area contributed by atoms with Crippen molar-refractivity contribution in [3.63, 3.8) is 0 Å². The molecule has 2 aromatic rings. The molecule has 0 radical (unpaired) electrons. The summed E-state index contributed by atoms with van der Waals surface area (Å²) in [5.74, 6) is -0.931. The molecular formula is C20H21FN2O3. The van der Waals surface area contributed by atoms with Crippen molar-refractivity contribution in [2.24, 2.45) is 5.92 Å². The molecule has 1 aliphatic carbocycles. The Kier molecular flexibility index (Phi) is 5.61. The van der Waals surface area contributed by atoms with Gasteiger partial charge in [-0.2, -0.15) is 0 Å². The fourth-order valence-electron chi connectivity index (χ4n) is 3.32. The number of halogens is 1. The van der Waals surface area contributed by atoms with Gasteiger partial charge in [-0.25, -0.2) is 4.39 Å². The van der Waals surface area contributed by atoms with Gasteiger partial charge in [-0.05, 0) is 43.5 Å². The van der Waals surface area contributed by atoms with E-state index in [1.807, 2.05) is 0 Å². The molecule has 0 bridgehead atoms. The molecule has 1 heterocycles. The van der Waals surface area contributed by atoms with Crippen molar-refractivity contribution >= 4 is 11.9 Å². The Morgan fingerprint density at radius 1 is 1.23 bits per heavy atom. The first-order valence-corrected chi connectivity index (χ1v) is 8.67. The Morgan fingerprint density at radius 3 is 2.77 bits per heavy atom. The minimum Gasteiger partial charge on any atom is -0.469 e. The third kappa shape index (κ3) is 4.25. The maximum Gasteiger partial charge on any atom is 0.308 e. The minimum absolute atomic E-state index is 0.0526. The van der Waals surface area contributed by atoms with E-state index in [1.165, 1.54) is 25.4 Å². The molecule has 2 unspecified atom stereocenters. The molecule has 0 spiro atoms.